The summed E-state index contributed by atoms with van der Waals surface area (Å²) in [6.45, 7) is 8.36. The van der Waals surface area contributed by atoms with Crippen LogP contribution in [0.5, 0.6) is 11.5 Å². The molecule has 1 spiro atoms. The lowest BCUT2D eigenvalue weighted by Crippen LogP contribution is -2.33. The highest BCUT2D eigenvalue weighted by atomic mass is 35.5. The van der Waals surface area contributed by atoms with Gasteiger partial charge in [0.05, 0.1) is 5.56 Å². The molecule has 4 heteroatoms. The average Bonchev–Trinajstić information content (AvgIpc) is 2.95. The molecule has 0 aromatic heterocycles. The second-order valence-electron chi connectivity index (χ2n) is 8.80. The molecule has 0 aliphatic carbocycles. The Morgan fingerprint density at radius 1 is 0.897 bits per heavy atom. The van der Waals surface area contributed by atoms with Gasteiger partial charge in [0.2, 0.25) is 0 Å². The predicted octanol–water partition coefficient (Wildman–Crippen LogP) is 6.51. The van der Waals surface area contributed by atoms with Gasteiger partial charge in [-0.05, 0) is 47.7 Å². The van der Waals surface area contributed by atoms with Crippen LogP contribution in [0.3, 0.4) is 0 Å². The summed E-state index contributed by atoms with van der Waals surface area (Å²) in [6, 6.07) is 17.4. The van der Waals surface area contributed by atoms with Gasteiger partial charge in [0.1, 0.15) is 11.5 Å². The van der Waals surface area contributed by atoms with Crippen molar-refractivity contribution in [3.05, 3.63) is 93.0 Å². The van der Waals surface area contributed by atoms with Crippen molar-refractivity contribution in [3.63, 3.8) is 0 Å². The topological polar surface area (TPSA) is 35.5 Å². The molecule has 5 rings (SSSR count). The Morgan fingerprint density at radius 2 is 1.62 bits per heavy atom. The molecule has 2 aliphatic heterocycles. The average molecular weight is 405 g/mol. The third-order valence-corrected chi connectivity index (χ3v) is 6.08. The molecular formula is C25H21ClO3. The molecule has 0 saturated heterocycles. The van der Waals surface area contributed by atoms with Gasteiger partial charge >= 0.3 is 5.97 Å². The van der Waals surface area contributed by atoms with Crippen molar-refractivity contribution in [3.8, 4) is 11.5 Å². The number of carbonyl (C=O) groups excluding carboxylic acids is 1. The van der Waals surface area contributed by atoms with Gasteiger partial charge < -0.3 is 9.47 Å². The Labute approximate surface area is 175 Å². The second-order valence-corrected chi connectivity index (χ2v) is 9.20. The zero-order valence-corrected chi connectivity index (χ0v) is 17.6. The Hall–Kier alpha value is -2.78. The van der Waals surface area contributed by atoms with Crippen molar-refractivity contribution in [1.29, 1.82) is 0 Å². The fourth-order valence-electron chi connectivity index (χ4n) is 4.37. The van der Waals surface area contributed by atoms with E-state index in [1.54, 1.807) is 6.07 Å². The van der Waals surface area contributed by atoms with Crippen LogP contribution in [-0.2, 0) is 15.8 Å². The second kappa shape index (κ2) is 5.87. The maximum absolute atomic E-state index is 12.8. The zero-order chi connectivity index (χ0) is 20.6. The Balaban J connectivity index is 1.88. The fraction of sp³-hybridized carbons (Fsp3) is 0.240. The molecule has 0 fully saturated rings. The SMILES string of the molecule is Cc1ccc2c(c1)Oc1cc(C(C)(C)C)c(Cl)cc1C21OC(=O)c2ccccc21. The maximum atomic E-state index is 12.8. The van der Waals surface area contributed by atoms with Crippen LogP contribution in [0.1, 0.15) is 58.9 Å². The van der Waals surface area contributed by atoms with Crippen molar-refractivity contribution in [2.24, 2.45) is 0 Å². The van der Waals surface area contributed by atoms with E-state index in [4.69, 9.17) is 21.1 Å². The first-order valence-electron chi connectivity index (χ1n) is 9.68. The molecule has 29 heavy (non-hydrogen) atoms. The molecule has 3 aromatic carbocycles. The number of benzene rings is 3. The molecule has 1 atom stereocenters. The molecule has 3 aromatic rings. The number of halogens is 1. The van der Waals surface area contributed by atoms with E-state index in [1.807, 2.05) is 55.5 Å². The molecule has 2 heterocycles. The first-order valence-corrected chi connectivity index (χ1v) is 10.1. The summed E-state index contributed by atoms with van der Waals surface area (Å²) in [7, 11) is 0. The Bertz CT molecular complexity index is 1190. The van der Waals surface area contributed by atoms with Crippen LogP contribution in [0.2, 0.25) is 5.02 Å². The summed E-state index contributed by atoms with van der Waals surface area (Å²) >= 11 is 6.73. The number of aryl methyl sites for hydroxylation is 1. The van der Waals surface area contributed by atoms with E-state index in [1.165, 1.54) is 0 Å². The van der Waals surface area contributed by atoms with Gasteiger partial charge in [-0.15, -0.1) is 0 Å². The van der Waals surface area contributed by atoms with Crippen molar-refractivity contribution in [2.45, 2.75) is 38.7 Å². The summed E-state index contributed by atoms with van der Waals surface area (Å²) in [5, 5.41) is 0.634. The minimum atomic E-state index is -1.07. The number of carbonyl (C=O) groups is 1. The Kier molecular flexibility index (Phi) is 3.69. The number of ether oxygens (including phenoxy) is 2. The van der Waals surface area contributed by atoms with E-state index in [0.717, 1.165) is 27.8 Å². The summed E-state index contributed by atoms with van der Waals surface area (Å²) in [4.78, 5) is 12.8. The van der Waals surface area contributed by atoms with Crippen LogP contribution < -0.4 is 4.74 Å². The summed E-state index contributed by atoms with van der Waals surface area (Å²) in [5.41, 5.74) is 3.80. The molecule has 0 bridgehead atoms. The third-order valence-electron chi connectivity index (χ3n) is 5.76. The van der Waals surface area contributed by atoms with Gasteiger partial charge in [0, 0.05) is 21.7 Å². The lowest BCUT2D eigenvalue weighted by Gasteiger charge is -2.37. The molecule has 1 unspecified atom stereocenters. The van der Waals surface area contributed by atoms with Crippen LogP contribution >= 0.6 is 11.6 Å². The van der Waals surface area contributed by atoms with Crippen LogP contribution in [-0.4, -0.2) is 5.97 Å². The number of esters is 1. The molecular weight excluding hydrogens is 384 g/mol. The minimum absolute atomic E-state index is 0.153. The molecule has 2 aliphatic rings. The molecule has 0 amide bonds. The lowest BCUT2D eigenvalue weighted by atomic mass is 9.76. The number of hydrogen-bond donors (Lipinski definition) is 0. The zero-order valence-electron chi connectivity index (χ0n) is 16.8. The van der Waals surface area contributed by atoms with Crippen molar-refractivity contribution in [1.82, 2.24) is 0 Å². The van der Waals surface area contributed by atoms with Crippen molar-refractivity contribution in [2.75, 3.05) is 0 Å². The maximum Gasteiger partial charge on any atom is 0.340 e. The van der Waals surface area contributed by atoms with E-state index in [9.17, 15) is 4.79 Å². The van der Waals surface area contributed by atoms with E-state index in [-0.39, 0.29) is 11.4 Å². The highest BCUT2D eigenvalue weighted by Crippen LogP contribution is 2.57. The van der Waals surface area contributed by atoms with Crippen molar-refractivity contribution >= 4 is 17.6 Å². The van der Waals surface area contributed by atoms with Gasteiger partial charge in [-0.3, -0.25) is 0 Å². The van der Waals surface area contributed by atoms with Crippen LogP contribution in [0.25, 0.3) is 0 Å². The van der Waals surface area contributed by atoms with Crippen LogP contribution in [0.15, 0.2) is 54.6 Å². The van der Waals surface area contributed by atoms with Crippen molar-refractivity contribution < 1.29 is 14.3 Å². The molecule has 0 saturated carbocycles. The predicted molar refractivity (Wildman–Crippen MR) is 113 cm³/mol. The monoisotopic (exact) mass is 404 g/mol. The van der Waals surface area contributed by atoms with Crippen LogP contribution in [0, 0.1) is 6.92 Å². The molecule has 0 N–H and O–H groups in total. The number of hydrogen-bond acceptors (Lipinski definition) is 3. The number of rotatable bonds is 0. The largest absolute Gasteiger partial charge is 0.456 e. The molecule has 146 valence electrons. The highest BCUT2D eigenvalue weighted by Gasteiger charge is 2.53. The van der Waals surface area contributed by atoms with Crippen LogP contribution in [0.4, 0.5) is 0 Å². The van der Waals surface area contributed by atoms with E-state index >= 15 is 0 Å². The summed E-state index contributed by atoms with van der Waals surface area (Å²) < 4.78 is 12.5. The van der Waals surface area contributed by atoms with Gasteiger partial charge in [-0.25, -0.2) is 4.79 Å². The fourth-order valence-corrected chi connectivity index (χ4v) is 4.82. The highest BCUT2D eigenvalue weighted by molar-refractivity contribution is 6.31. The van der Waals surface area contributed by atoms with Gasteiger partial charge in [0.25, 0.3) is 0 Å². The van der Waals surface area contributed by atoms with Gasteiger partial charge in [-0.2, -0.15) is 0 Å². The molecule has 3 nitrogen and oxygen atoms in total. The smallest absolute Gasteiger partial charge is 0.340 e. The first kappa shape index (κ1) is 18.3. The Morgan fingerprint density at radius 3 is 2.38 bits per heavy atom. The normalized spacial score (nSPS) is 19.3. The summed E-state index contributed by atoms with van der Waals surface area (Å²) in [6.07, 6.45) is 0. The van der Waals surface area contributed by atoms with Gasteiger partial charge in [0.15, 0.2) is 5.60 Å². The van der Waals surface area contributed by atoms with E-state index in [0.29, 0.717) is 22.1 Å². The van der Waals surface area contributed by atoms with Gasteiger partial charge in [-0.1, -0.05) is 62.7 Å². The first-order chi connectivity index (χ1) is 13.7. The standard InChI is InChI=1S/C25H21ClO3/c1-14-9-10-17-21(11-14)28-22-13-18(24(2,3)4)20(26)12-19(22)25(17)16-8-6-5-7-15(16)23(27)29-25/h5-13H,1-4H3. The van der Waals surface area contributed by atoms with E-state index in [2.05, 4.69) is 20.8 Å². The minimum Gasteiger partial charge on any atom is -0.456 e. The summed E-state index contributed by atoms with van der Waals surface area (Å²) in [5.74, 6) is 1.03. The quantitative estimate of drug-likeness (QED) is 0.400. The number of fused-ring (bicyclic) bond motifs is 6. The molecule has 0 radical (unpaired) electrons. The van der Waals surface area contributed by atoms with E-state index < -0.39 is 5.60 Å². The lowest BCUT2D eigenvalue weighted by molar-refractivity contribution is 0.0224. The third kappa shape index (κ3) is 2.47.